The molecule has 2 aliphatic rings. The summed E-state index contributed by atoms with van der Waals surface area (Å²) in [4.78, 5) is 4.77. The highest BCUT2D eigenvalue weighted by atomic mass is 15.4. The summed E-state index contributed by atoms with van der Waals surface area (Å²) in [5.74, 6) is 1.09. The second-order valence-corrected chi connectivity index (χ2v) is 5.65. The van der Waals surface area contributed by atoms with Gasteiger partial charge in [0.2, 0.25) is 0 Å². The molecule has 3 rings (SSSR count). The Morgan fingerprint density at radius 3 is 2.68 bits per heavy atom. The molecule has 1 aliphatic carbocycles. The van der Waals surface area contributed by atoms with Crippen LogP contribution in [0.3, 0.4) is 0 Å². The van der Waals surface area contributed by atoms with Gasteiger partial charge in [0.1, 0.15) is 5.84 Å². The van der Waals surface area contributed by atoms with Crippen LogP contribution >= 0.6 is 0 Å². The summed E-state index contributed by atoms with van der Waals surface area (Å²) in [5.41, 5.74) is 9.35. The standard InChI is InChI=1S/C16H23N3/c1-2-9-14(10-3-1)18-19-16-12-6-8-13-7-4-5-11-15(13)17-16/h4-5,7,11,14,18H,1-3,6,8-10,12H2,(H,17,19). The van der Waals surface area contributed by atoms with Gasteiger partial charge in [-0.05, 0) is 37.3 Å². The van der Waals surface area contributed by atoms with Gasteiger partial charge in [0, 0.05) is 12.5 Å². The van der Waals surface area contributed by atoms with E-state index in [-0.39, 0.29) is 0 Å². The highest BCUT2D eigenvalue weighted by Gasteiger charge is 2.14. The van der Waals surface area contributed by atoms with Crippen molar-refractivity contribution < 1.29 is 0 Å². The first-order valence-corrected chi connectivity index (χ1v) is 7.59. The molecular formula is C16H23N3. The molecule has 0 saturated heterocycles. The first kappa shape index (κ1) is 12.7. The van der Waals surface area contributed by atoms with Crippen molar-refractivity contribution in [2.24, 2.45) is 4.99 Å². The van der Waals surface area contributed by atoms with Crippen LogP contribution in [0.5, 0.6) is 0 Å². The Kier molecular flexibility index (Phi) is 4.13. The minimum atomic E-state index is 0.620. The zero-order chi connectivity index (χ0) is 12.9. The largest absolute Gasteiger partial charge is 0.309 e. The van der Waals surface area contributed by atoms with E-state index in [1.165, 1.54) is 44.1 Å². The lowest BCUT2D eigenvalue weighted by Gasteiger charge is -2.23. The third-order valence-electron chi connectivity index (χ3n) is 4.13. The van der Waals surface area contributed by atoms with Gasteiger partial charge in [0.05, 0.1) is 5.69 Å². The molecule has 1 fully saturated rings. The van der Waals surface area contributed by atoms with Gasteiger partial charge in [-0.3, -0.25) is 0 Å². The average molecular weight is 257 g/mol. The number of rotatable bonds is 2. The molecule has 102 valence electrons. The van der Waals surface area contributed by atoms with Gasteiger partial charge in [-0.25, -0.2) is 10.4 Å². The third-order valence-corrected chi connectivity index (χ3v) is 4.13. The van der Waals surface area contributed by atoms with Gasteiger partial charge in [0.25, 0.3) is 0 Å². The maximum atomic E-state index is 4.77. The first-order valence-electron chi connectivity index (χ1n) is 7.59. The van der Waals surface area contributed by atoms with Gasteiger partial charge in [-0.1, -0.05) is 37.5 Å². The lowest BCUT2D eigenvalue weighted by atomic mass is 9.96. The van der Waals surface area contributed by atoms with E-state index in [1.54, 1.807) is 0 Å². The Balaban J connectivity index is 1.62. The van der Waals surface area contributed by atoms with Gasteiger partial charge >= 0.3 is 0 Å². The monoisotopic (exact) mass is 257 g/mol. The predicted molar refractivity (Wildman–Crippen MR) is 79.6 cm³/mol. The molecule has 0 bridgehead atoms. The Labute approximate surface area is 115 Å². The molecule has 1 aromatic carbocycles. The summed E-state index contributed by atoms with van der Waals surface area (Å²) in [5, 5.41) is 0. The number of hydrazine groups is 1. The van der Waals surface area contributed by atoms with E-state index >= 15 is 0 Å². The number of nitrogens with zero attached hydrogens (tertiary/aromatic N) is 1. The molecule has 0 aromatic heterocycles. The number of aliphatic imine (C=N–C) groups is 1. The average Bonchev–Trinajstić information content (AvgIpc) is 2.68. The van der Waals surface area contributed by atoms with Gasteiger partial charge < -0.3 is 5.43 Å². The molecule has 1 aliphatic heterocycles. The maximum Gasteiger partial charge on any atom is 0.116 e. The van der Waals surface area contributed by atoms with Crippen molar-refractivity contribution in [3.05, 3.63) is 29.8 Å². The number of aryl methyl sites for hydroxylation is 1. The van der Waals surface area contributed by atoms with E-state index in [4.69, 9.17) is 4.99 Å². The fourth-order valence-electron chi connectivity index (χ4n) is 3.00. The van der Waals surface area contributed by atoms with Crippen LogP contribution in [0.25, 0.3) is 0 Å². The molecule has 0 amide bonds. The van der Waals surface area contributed by atoms with Gasteiger partial charge in [0.15, 0.2) is 0 Å². The minimum Gasteiger partial charge on any atom is -0.309 e. The number of fused-ring (bicyclic) bond motifs is 1. The maximum absolute atomic E-state index is 4.77. The van der Waals surface area contributed by atoms with Crippen molar-refractivity contribution in [1.82, 2.24) is 10.9 Å². The topological polar surface area (TPSA) is 36.4 Å². The lowest BCUT2D eigenvalue weighted by Crippen LogP contribution is -2.45. The van der Waals surface area contributed by atoms with Crippen molar-refractivity contribution in [1.29, 1.82) is 0 Å². The van der Waals surface area contributed by atoms with Crippen molar-refractivity contribution in [2.75, 3.05) is 0 Å². The quantitative estimate of drug-likeness (QED) is 0.796. The lowest BCUT2D eigenvalue weighted by molar-refractivity contribution is 0.360. The molecule has 19 heavy (non-hydrogen) atoms. The van der Waals surface area contributed by atoms with Crippen LogP contribution in [0, 0.1) is 0 Å². The molecule has 0 unspecified atom stereocenters. The van der Waals surface area contributed by atoms with Crippen LogP contribution in [-0.4, -0.2) is 11.9 Å². The molecule has 3 nitrogen and oxygen atoms in total. The number of benzene rings is 1. The Bertz CT molecular complexity index is 447. The molecule has 1 heterocycles. The molecular weight excluding hydrogens is 234 g/mol. The normalized spacial score (nSPS) is 20.3. The SMILES string of the molecule is c1ccc2c(c1)CCCC(NNC1CCCCC1)=N2. The van der Waals surface area contributed by atoms with Gasteiger partial charge in [-0.2, -0.15) is 0 Å². The predicted octanol–water partition coefficient (Wildman–Crippen LogP) is 3.48. The van der Waals surface area contributed by atoms with E-state index in [0.717, 1.165) is 24.4 Å². The van der Waals surface area contributed by atoms with Crippen LogP contribution in [0.15, 0.2) is 29.3 Å². The highest BCUT2D eigenvalue weighted by Crippen LogP contribution is 2.24. The van der Waals surface area contributed by atoms with Crippen molar-refractivity contribution in [3.8, 4) is 0 Å². The summed E-state index contributed by atoms with van der Waals surface area (Å²) < 4.78 is 0. The van der Waals surface area contributed by atoms with Gasteiger partial charge in [-0.15, -0.1) is 0 Å². The molecule has 2 N–H and O–H groups in total. The smallest absolute Gasteiger partial charge is 0.116 e. The zero-order valence-corrected chi connectivity index (χ0v) is 11.5. The summed E-state index contributed by atoms with van der Waals surface area (Å²) in [6.07, 6.45) is 10.0. The Morgan fingerprint density at radius 1 is 0.947 bits per heavy atom. The molecule has 0 atom stereocenters. The highest BCUT2D eigenvalue weighted by molar-refractivity contribution is 5.85. The second-order valence-electron chi connectivity index (χ2n) is 5.65. The van der Waals surface area contributed by atoms with Crippen LogP contribution in [-0.2, 0) is 6.42 Å². The molecule has 1 aromatic rings. The fraction of sp³-hybridized carbons (Fsp3) is 0.562. The molecule has 0 spiro atoms. The van der Waals surface area contributed by atoms with Crippen molar-refractivity contribution in [3.63, 3.8) is 0 Å². The van der Waals surface area contributed by atoms with Crippen molar-refractivity contribution in [2.45, 2.75) is 57.4 Å². The third kappa shape index (κ3) is 3.35. The summed E-state index contributed by atoms with van der Waals surface area (Å²) >= 11 is 0. The van der Waals surface area contributed by atoms with E-state index in [9.17, 15) is 0 Å². The van der Waals surface area contributed by atoms with Crippen molar-refractivity contribution >= 4 is 11.5 Å². The molecule has 1 saturated carbocycles. The zero-order valence-electron chi connectivity index (χ0n) is 11.5. The summed E-state index contributed by atoms with van der Waals surface area (Å²) in [6, 6.07) is 9.10. The number of para-hydroxylation sites is 1. The van der Waals surface area contributed by atoms with Crippen LogP contribution in [0.2, 0.25) is 0 Å². The Morgan fingerprint density at radius 2 is 1.79 bits per heavy atom. The van der Waals surface area contributed by atoms with Crippen LogP contribution < -0.4 is 10.9 Å². The number of amidine groups is 1. The first-order chi connectivity index (χ1) is 9.42. The minimum absolute atomic E-state index is 0.620. The van der Waals surface area contributed by atoms with Crippen LogP contribution in [0.4, 0.5) is 5.69 Å². The second kappa shape index (κ2) is 6.20. The molecule has 3 heteroatoms. The van der Waals surface area contributed by atoms with Crippen LogP contribution in [0.1, 0.15) is 50.5 Å². The number of nitrogens with one attached hydrogen (secondary N) is 2. The number of hydrogen-bond donors (Lipinski definition) is 2. The summed E-state index contributed by atoms with van der Waals surface area (Å²) in [6.45, 7) is 0. The number of hydrogen-bond acceptors (Lipinski definition) is 3. The molecule has 0 radical (unpaired) electrons. The fourth-order valence-corrected chi connectivity index (χ4v) is 3.00. The van der Waals surface area contributed by atoms with E-state index < -0.39 is 0 Å². The van der Waals surface area contributed by atoms with E-state index in [2.05, 4.69) is 35.1 Å². The summed E-state index contributed by atoms with van der Waals surface area (Å²) in [7, 11) is 0. The van der Waals surface area contributed by atoms with E-state index in [0.29, 0.717) is 6.04 Å². The Hall–Kier alpha value is -1.35. The van der Waals surface area contributed by atoms with E-state index in [1.807, 2.05) is 0 Å².